The number of ether oxygens (including phenoxy) is 1. The Kier molecular flexibility index (Phi) is 5.84. The van der Waals surface area contributed by atoms with Crippen molar-refractivity contribution in [1.29, 1.82) is 0 Å². The van der Waals surface area contributed by atoms with Crippen molar-refractivity contribution in [3.05, 3.63) is 66.7 Å². The fraction of sp³-hybridized carbons (Fsp3) is 0.273. The van der Waals surface area contributed by atoms with Gasteiger partial charge in [-0.05, 0) is 54.3 Å². The Balaban J connectivity index is 1.74. The Bertz CT molecular complexity index is 891. The quantitative estimate of drug-likeness (QED) is 0.404. The summed E-state index contributed by atoms with van der Waals surface area (Å²) in [5.41, 5.74) is 3.02. The molecule has 0 aliphatic heterocycles. The molecule has 0 bridgehead atoms. The molecule has 0 N–H and O–H groups in total. The molecule has 0 saturated carbocycles. The Morgan fingerprint density at radius 3 is 2.65 bits per heavy atom. The van der Waals surface area contributed by atoms with Gasteiger partial charge in [-0.3, -0.25) is 0 Å². The first-order chi connectivity index (χ1) is 12.7. The van der Waals surface area contributed by atoms with Gasteiger partial charge in [0.2, 0.25) is 5.95 Å². The Morgan fingerprint density at radius 2 is 1.92 bits per heavy atom. The number of aromatic nitrogens is 2. The molecular formula is C22H25N3O. The smallest absolute Gasteiger partial charge is 0.230 e. The summed E-state index contributed by atoms with van der Waals surface area (Å²) in [6, 6.07) is 16.0. The lowest BCUT2D eigenvalue weighted by molar-refractivity contribution is 0.289. The number of aliphatic imine (C=N–C) groups is 1. The Hall–Kier alpha value is -2.88. The number of benzene rings is 2. The van der Waals surface area contributed by atoms with Gasteiger partial charge in [-0.25, -0.2) is 9.98 Å². The minimum absolute atomic E-state index is 0.649. The molecule has 0 aliphatic carbocycles. The minimum atomic E-state index is 0.649. The van der Waals surface area contributed by atoms with Crippen molar-refractivity contribution in [3.8, 4) is 5.75 Å². The lowest BCUT2D eigenvalue weighted by Crippen LogP contribution is -2.01. The van der Waals surface area contributed by atoms with E-state index < -0.39 is 0 Å². The van der Waals surface area contributed by atoms with Crippen LogP contribution in [0.5, 0.6) is 5.75 Å². The number of hydrogen-bond donors (Lipinski definition) is 0. The molecule has 0 unspecified atom stereocenters. The number of rotatable bonds is 8. The average molecular weight is 347 g/mol. The number of imidazole rings is 1. The van der Waals surface area contributed by atoms with Crippen LogP contribution in [0, 0.1) is 5.92 Å². The lowest BCUT2D eigenvalue weighted by Gasteiger charge is -2.08. The van der Waals surface area contributed by atoms with Crippen LogP contribution >= 0.6 is 0 Å². The third kappa shape index (κ3) is 4.39. The molecule has 0 spiro atoms. The second kappa shape index (κ2) is 8.48. The monoisotopic (exact) mass is 347 g/mol. The highest BCUT2D eigenvalue weighted by Crippen LogP contribution is 2.22. The van der Waals surface area contributed by atoms with Crippen LogP contribution in [0.15, 0.2) is 66.2 Å². The summed E-state index contributed by atoms with van der Waals surface area (Å²) >= 11 is 0. The maximum Gasteiger partial charge on any atom is 0.230 e. The number of fused-ring (bicyclic) bond motifs is 1. The summed E-state index contributed by atoms with van der Waals surface area (Å²) in [6.07, 6.45) is 4.75. The SMILES string of the molecule is C=CCn1c(N=Cc2ccc(OCCC(C)C)cc2)nc2ccccc21. The van der Waals surface area contributed by atoms with Crippen LogP contribution in [0.3, 0.4) is 0 Å². The molecule has 2 aromatic carbocycles. The van der Waals surface area contributed by atoms with Crippen LogP contribution in [0.2, 0.25) is 0 Å². The zero-order valence-corrected chi connectivity index (χ0v) is 15.4. The van der Waals surface area contributed by atoms with Crippen molar-refractivity contribution in [3.63, 3.8) is 0 Å². The van der Waals surface area contributed by atoms with E-state index in [9.17, 15) is 0 Å². The molecule has 0 radical (unpaired) electrons. The van der Waals surface area contributed by atoms with E-state index in [2.05, 4.69) is 35.0 Å². The molecule has 0 atom stereocenters. The molecule has 1 aromatic heterocycles. The molecule has 4 heteroatoms. The Labute approximate surface area is 154 Å². The first-order valence-corrected chi connectivity index (χ1v) is 9.00. The van der Waals surface area contributed by atoms with Crippen LogP contribution in [0.25, 0.3) is 11.0 Å². The van der Waals surface area contributed by atoms with Gasteiger partial charge >= 0.3 is 0 Å². The maximum absolute atomic E-state index is 5.75. The molecule has 0 saturated heterocycles. The van der Waals surface area contributed by atoms with Gasteiger partial charge in [-0.1, -0.05) is 32.1 Å². The standard InChI is InChI=1S/C22H25N3O/c1-4-14-25-21-8-6-5-7-20(21)24-22(25)23-16-18-9-11-19(12-10-18)26-15-13-17(2)3/h4-12,16-17H,1,13-15H2,2-3H3. The highest BCUT2D eigenvalue weighted by molar-refractivity contribution is 5.83. The van der Waals surface area contributed by atoms with Crippen molar-refractivity contribution in [2.75, 3.05) is 6.61 Å². The number of nitrogens with zero attached hydrogens (tertiary/aromatic N) is 3. The topological polar surface area (TPSA) is 39.4 Å². The second-order valence-electron chi connectivity index (χ2n) is 6.66. The molecule has 0 fully saturated rings. The zero-order valence-electron chi connectivity index (χ0n) is 15.4. The van der Waals surface area contributed by atoms with Crippen LogP contribution in [0.4, 0.5) is 5.95 Å². The molecule has 134 valence electrons. The minimum Gasteiger partial charge on any atom is -0.494 e. The predicted molar refractivity (Wildman–Crippen MR) is 109 cm³/mol. The van der Waals surface area contributed by atoms with Crippen LogP contribution < -0.4 is 4.74 Å². The van der Waals surface area contributed by atoms with Crippen LogP contribution in [-0.4, -0.2) is 22.4 Å². The highest BCUT2D eigenvalue weighted by Gasteiger charge is 2.07. The predicted octanol–water partition coefficient (Wildman–Crippen LogP) is 5.40. The second-order valence-corrected chi connectivity index (χ2v) is 6.66. The van der Waals surface area contributed by atoms with E-state index in [1.807, 2.05) is 60.8 Å². The largest absolute Gasteiger partial charge is 0.494 e. The summed E-state index contributed by atoms with van der Waals surface area (Å²) < 4.78 is 7.81. The van der Waals surface area contributed by atoms with Crippen LogP contribution in [0.1, 0.15) is 25.8 Å². The molecule has 3 rings (SSSR count). The van der Waals surface area contributed by atoms with Gasteiger partial charge in [-0.2, -0.15) is 0 Å². The molecule has 0 aliphatic rings. The van der Waals surface area contributed by atoms with Crippen molar-refractivity contribution in [1.82, 2.24) is 9.55 Å². The molecule has 0 amide bonds. The fourth-order valence-electron chi connectivity index (χ4n) is 2.67. The first-order valence-electron chi connectivity index (χ1n) is 9.00. The van der Waals surface area contributed by atoms with Gasteiger partial charge in [0.25, 0.3) is 0 Å². The van der Waals surface area contributed by atoms with E-state index in [0.29, 0.717) is 18.4 Å². The summed E-state index contributed by atoms with van der Waals surface area (Å²) in [5, 5.41) is 0. The summed E-state index contributed by atoms with van der Waals surface area (Å²) in [5.74, 6) is 2.22. The molecule has 4 nitrogen and oxygen atoms in total. The third-order valence-electron chi connectivity index (χ3n) is 4.12. The van der Waals surface area contributed by atoms with E-state index in [4.69, 9.17) is 4.74 Å². The zero-order chi connectivity index (χ0) is 18.4. The molecular weight excluding hydrogens is 322 g/mol. The van der Waals surface area contributed by atoms with Gasteiger partial charge in [0.15, 0.2) is 0 Å². The van der Waals surface area contributed by atoms with Crippen molar-refractivity contribution in [2.24, 2.45) is 10.9 Å². The maximum atomic E-state index is 5.75. The van der Waals surface area contributed by atoms with Gasteiger partial charge in [0.05, 0.1) is 17.6 Å². The van der Waals surface area contributed by atoms with Gasteiger partial charge in [0.1, 0.15) is 5.75 Å². The number of hydrogen-bond acceptors (Lipinski definition) is 3. The normalized spacial score (nSPS) is 11.5. The highest BCUT2D eigenvalue weighted by atomic mass is 16.5. The number of allylic oxidation sites excluding steroid dienone is 1. The molecule has 26 heavy (non-hydrogen) atoms. The number of para-hydroxylation sites is 2. The van der Waals surface area contributed by atoms with Crippen molar-refractivity contribution in [2.45, 2.75) is 26.8 Å². The van der Waals surface area contributed by atoms with E-state index in [-0.39, 0.29) is 0 Å². The lowest BCUT2D eigenvalue weighted by atomic mass is 10.1. The summed E-state index contributed by atoms with van der Waals surface area (Å²) in [4.78, 5) is 9.20. The van der Waals surface area contributed by atoms with Crippen molar-refractivity contribution < 1.29 is 4.74 Å². The third-order valence-corrected chi connectivity index (χ3v) is 4.12. The van der Waals surface area contributed by atoms with Gasteiger partial charge in [-0.15, -0.1) is 6.58 Å². The van der Waals surface area contributed by atoms with E-state index in [1.165, 1.54) is 0 Å². The summed E-state index contributed by atoms with van der Waals surface area (Å²) in [6.45, 7) is 9.65. The molecule has 3 aromatic rings. The average Bonchev–Trinajstić information content (AvgIpc) is 2.99. The van der Waals surface area contributed by atoms with E-state index in [0.717, 1.165) is 35.4 Å². The van der Waals surface area contributed by atoms with Crippen molar-refractivity contribution >= 4 is 23.2 Å². The van der Waals surface area contributed by atoms with Crippen LogP contribution in [-0.2, 0) is 6.54 Å². The fourth-order valence-corrected chi connectivity index (χ4v) is 2.67. The van der Waals surface area contributed by atoms with Gasteiger partial charge in [0, 0.05) is 12.8 Å². The molecule has 1 heterocycles. The van der Waals surface area contributed by atoms with E-state index in [1.54, 1.807) is 0 Å². The first kappa shape index (κ1) is 17.9. The van der Waals surface area contributed by atoms with E-state index >= 15 is 0 Å². The summed E-state index contributed by atoms with van der Waals surface area (Å²) in [7, 11) is 0. The Morgan fingerprint density at radius 1 is 1.15 bits per heavy atom. The van der Waals surface area contributed by atoms with Gasteiger partial charge < -0.3 is 9.30 Å².